The summed E-state index contributed by atoms with van der Waals surface area (Å²) in [7, 11) is -2.40. The molecule has 2 fully saturated rings. The van der Waals surface area contributed by atoms with Crippen LogP contribution in [-0.2, 0) is 19.6 Å². The molecule has 1 atom stereocenters. The Kier molecular flexibility index (Phi) is 8.84. The highest BCUT2D eigenvalue weighted by Gasteiger charge is 2.33. The number of methoxy groups -OCH3 is 1. The summed E-state index contributed by atoms with van der Waals surface area (Å²) >= 11 is 6.28. The summed E-state index contributed by atoms with van der Waals surface area (Å²) in [5, 5.41) is 9.33. The maximum atomic E-state index is 13.6. The highest BCUT2D eigenvalue weighted by atomic mass is 35.5. The molecule has 212 valence electrons. The zero-order chi connectivity index (χ0) is 28.1. The van der Waals surface area contributed by atoms with Crippen LogP contribution in [0.4, 0.5) is 5.82 Å². The van der Waals surface area contributed by atoms with Gasteiger partial charge in [0.1, 0.15) is 5.75 Å². The van der Waals surface area contributed by atoms with Crippen molar-refractivity contribution < 1.29 is 22.7 Å². The van der Waals surface area contributed by atoms with Crippen LogP contribution >= 0.6 is 11.6 Å². The number of sulfonamides is 1. The molecular formula is C28H32ClN5O5S. The van der Waals surface area contributed by atoms with Crippen molar-refractivity contribution in [1.82, 2.24) is 19.4 Å². The highest BCUT2D eigenvalue weighted by molar-refractivity contribution is 7.89. The Labute approximate surface area is 239 Å². The molecule has 0 bridgehead atoms. The molecule has 0 N–H and O–H groups in total. The van der Waals surface area contributed by atoms with Crippen LogP contribution in [0.3, 0.4) is 0 Å². The standard InChI is InChI=1S/C28H32ClN5O5S/c1-38-21-8-10-23(11-9-21)40(36,37)34(19-22-5-4-18-39-22)20-28(35)33-16-14-32(15-17-33)27-13-12-26(30-31-27)24-6-2-3-7-25(24)29/h2-3,6-13,22H,4-5,14-20H2,1H3/t22-/m1/s1. The zero-order valence-corrected chi connectivity index (χ0v) is 23.9. The van der Waals surface area contributed by atoms with Crippen molar-refractivity contribution in [1.29, 1.82) is 0 Å². The number of aromatic nitrogens is 2. The summed E-state index contributed by atoms with van der Waals surface area (Å²) in [5.74, 6) is 1.03. The molecule has 2 aliphatic rings. The van der Waals surface area contributed by atoms with Gasteiger partial charge < -0.3 is 19.3 Å². The van der Waals surface area contributed by atoms with Gasteiger partial charge in [-0.05, 0) is 55.3 Å². The Morgan fingerprint density at radius 2 is 1.80 bits per heavy atom. The number of carbonyl (C=O) groups is 1. The minimum atomic E-state index is -3.92. The van der Waals surface area contributed by atoms with Crippen LogP contribution in [0.25, 0.3) is 11.3 Å². The quantitative estimate of drug-likeness (QED) is 0.377. The molecule has 3 aromatic rings. The van der Waals surface area contributed by atoms with Crippen LogP contribution in [0.2, 0.25) is 5.02 Å². The summed E-state index contributed by atoms with van der Waals surface area (Å²) in [4.78, 5) is 17.2. The van der Waals surface area contributed by atoms with E-state index in [1.165, 1.54) is 23.5 Å². The number of hydrogen-bond acceptors (Lipinski definition) is 8. The number of rotatable bonds is 9. The number of nitrogens with zero attached hydrogens (tertiary/aromatic N) is 5. The third-order valence-electron chi connectivity index (χ3n) is 7.20. The van der Waals surface area contributed by atoms with E-state index in [9.17, 15) is 13.2 Å². The van der Waals surface area contributed by atoms with Crippen molar-refractivity contribution in [3.63, 3.8) is 0 Å². The third kappa shape index (κ3) is 6.38. The van der Waals surface area contributed by atoms with Crippen LogP contribution in [0.5, 0.6) is 5.75 Å². The van der Waals surface area contributed by atoms with Crippen molar-refractivity contribution in [2.24, 2.45) is 0 Å². The first-order valence-corrected chi connectivity index (χ1v) is 15.0. The molecule has 10 nitrogen and oxygen atoms in total. The summed E-state index contributed by atoms with van der Waals surface area (Å²) in [6.45, 7) is 2.49. The Balaban J connectivity index is 1.23. The average molecular weight is 586 g/mol. The Morgan fingerprint density at radius 1 is 1.05 bits per heavy atom. The van der Waals surface area contributed by atoms with Gasteiger partial charge in [0.2, 0.25) is 15.9 Å². The van der Waals surface area contributed by atoms with Gasteiger partial charge in [-0.1, -0.05) is 29.8 Å². The van der Waals surface area contributed by atoms with Crippen LogP contribution < -0.4 is 9.64 Å². The first-order chi connectivity index (χ1) is 19.3. The molecule has 0 radical (unpaired) electrons. The van der Waals surface area contributed by atoms with Gasteiger partial charge in [-0.3, -0.25) is 4.79 Å². The van der Waals surface area contributed by atoms with Crippen molar-refractivity contribution in [3.05, 3.63) is 65.7 Å². The maximum absolute atomic E-state index is 13.6. The summed E-state index contributed by atoms with van der Waals surface area (Å²) in [6.07, 6.45) is 1.40. The van der Waals surface area contributed by atoms with Crippen LogP contribution in [0, 0.1) is 0 Å². The predicted molar refractivity (Wildman–Crippen MR) is 152 cm³/mol. The molecule has 1 amide bonds. The Bertz CT molecular complexity index is 1410. The smallest absolute Gasteiger partial charge is 0.243 e. The zero-order valence-electron chi connectivity index (χ0n) is 22.3. The number of anilines is 1. The van der Waals surface area contributed by atoms with E-state index in [0.29, 0.717) is 55.1 Å². The van der Waals surface area contributed by atoms with E-state index < -0.39 is 10.0 Å². The number of benzene rings is 2. The van der Waals surface area contributed by atoms with E-state index in [2.05, 4.69) is 15.1 Å². The SMILES string of the molecule is COc1ccc(S(=O)(=O)N(CC(=O)N2CCN(c3ccc(-c4ccccc4Cl)nn3)CC2)C[C@H]2CCCO2)cc1. The summed E-state index contributed by atoms with van der Waals surface area (Å²) in [5.41, 5.74) is 1.50. The monoisotopic (exact) mass is 585 g/mol. The normalized spacial score (nSPS) is 17.8. The van der Waals surface area contributed by atoms with Gasteiger partial charge in [0.15, 0.2) is 5.82 Å². The summed E-state index contributed by atoms with van der Waals surface area (Å²) < 4.78 is 39.2. The Hall–Kier alpha value is -3.25. The van der Waals surface area contributed by atoms with Gasteiger partial charge in [0.25, 0.3) is 0 Å². The molecule has 0 unspecified atom stereocenters. The van der Waals surface area contributed by atoms with Gasteiger partial charge in [0, 0.05) is 44.9 Å². The average Bonchev–Trinajstić information content (AvgIpc) is 3.50. The second kappa shape index (κ2) is 12.5. The molecule has 5 rings (SSSR count). The van der Waals surface area contributed by atoms with E-state index in [4.69, 9.17) is 21.1 Å². The Morgan fingerprint density at radius 3 is 2.42 bits per heavy atom. The lowest BCUT2D eigenvalue weighted by molar-refractivity contribution is -0.131. The topological polar surface area (TPSA) is 105 Å². The second-order valence-corrected chi connectivity index (χ2v) is 12.1. The number of hydrogen-bond donors (Lipinski definition) is 0. The molecule has 0 aliphatic carbocycles. The lowest BCUT2D eigenvalue weighted by atomic mass is 10.1. The third-order valence-corrected chi connectivity index (χ3v) is 9.35. The molecule has 0 saturated carbocycles. The van der Waals surface area contributed by atoms with E-state index in [-0.39, 0.29) is 30.0 Å². The van der Waals surface area contributed by atoms with Crippen LogP contribution in [0.1, 0.15) is 12.8 Å². The van der Waals surface area contributed by atoms with Gasteiger partial charge in [-0.2, -0.15) is 4.31 Å². The molecule has 12 heteroatoms. The van der Waals surface area contributed by atoms with Gasteiger partial charge in [0.05, 0.1) is 35.4 Å². The fourth-order valence-electron chi connectivity index (χ4n) is 4.90. The van der Waals surface area contributed by atoms with E-state index >= 15 is 0 Å². The minimum Gasteiger partial charge on any atom is -0.497 e. The molecule has 2 aromatic carbocycles. The molecular weight excluding hydrogens is 554 g/mol. The number of carbonyl (C=O) groups excluding carboxylic acids is 1. The minimum absolute atomic E-state index is 0.114. The fraction of sp³-hybridized carbons (Fsp3) is 0.393. The summed E-state index contributed by atoms with van der Waals surface area (Å²) in [6, 6.07) is 17.4. The number of halogens is 1. The number of piperazine rings is 1. The molecule has 3 heterocycles. The fourth-order valence-corrected chi connectivity index (χ4v) is 6.56. The van der Waals surface area contributed by atoms with Crippen LogP contribution in [0.15, 0.2) is 65.6 Å². The van der Waals surface area contributed by atoms with Crippen molar-refractivity contribution >= 4 is 33.3 Å². The molecule has 40 heavy (non-hydrogen) atoms. The first-order valence-electron chi connectivity index (χ1n) is 13.2. The molecule has 1 aromatic heterocycles. The van der Waals surface area contributed by atoms with E-state index in [0.717, 1.165) is 18.4 Å². The van der Waals surface area contributed by atoms with Gasteiger partial charge >= 0.3 is 0 Å². The largest absolute Gasteiger partial charge is 0.497 e. The van der Waals surface area contributed by atoms with Gasteiger partial charge in [-0.25, -0.2) is 8.42 Å². The predicted octanol–water partition coefficient (Wildman–Crippen LogP) is 3.32. The number of amides is 1. The van der Waals surface area contributed by atoms with Crippen molar-refractivity contribution in [3.8, 4) is 17.0 Å². The van der Waals surface area contributed by atoms with Gasteiger partial charge in [-0.15, -0.1) is 10.2 Å². The first kappa shape index (κ1) is 28.3. The molecule has 2 saturated heterocycles. The molecule has 0 spiro atoms. The lowest BCUT2D eigenvalue weighted by Crippen LogP contribution is -2.52. The maximum Gasteiger partial charge on any atom is 0.243 e. The second-order valence-electron chi connectivity index (χ2n) is 9.73. The van der Waals surface area contributed by atoms with Crippen LogP contribution in [-0.4, -0.2) is 92.8 Å². The van der Waals surface area contributed by atoms with E-state index in [1.54, 1.807) is 17.0 Å². The lowest BCUT2D eigenvalue weighted by Gasteiger charge is -2.36. The van der Waals surface area contributed by atoms with Crippen molar-refractivity contribution in [2.75, 3.05) is 57.9 Å². The molecule has 2 aliphatic heterocycles. The van der Waals surface area contributed by atoms with E-state index in [1.807, 2.05) is 36.4 Å². The number of ether oxygens (including phenoxy) is 2. The van der Waals surface area contributed by atoms with Crippen molar-refractivity contribution in [2.45, 2.75) is 23.8 Å². The highest BCUT2D eigenvalue weighted by Crippen LogP contribution is 2.27.